The second-order valence-corrected chi connectivity index (χ2v) is 2.54. The van der Waals surface area contributed by atoms with E-state index in [1.165, 1.54) is 6.20 Å². The Hall–Kier alpha value is -1.78. The predicted octanol–water partition coefficient (Wildman–Crippen LogP) is 0.493. The molecule has 0 radical (unpaired) electrons. The number of oxime groups is 1. The molecule has 0 aromatic carbocycles. The van der Waals surface area contributed by atoms with Gasteiger partial charge in [0, 0.05) is 17.3 Å². The van der Waals surface area contributed by atoms with Gasteiger partial charge in [0.2, 0.25) is 5.88 Å². The van der Waals surface area contributed by atoms with E-state index in [1.807, 2.05) is 6.92 Å². The fourth-order valence-electron chi connectivity index (χ4n) is 0.974. The van der Waals surface area contributed by atoms with Crippen LogP contribution in [0.3, 0.4) is 0 Å². The highest BCUT2D eigenvalue weighted by atomic mass is 16.5. The molecule has 0 atom stereocenters. The number of nitrogens with zero attached hydrogens (tertiary/aromatic N) is 2. The molecule has 0 fully saturated rings. The van der Waals surface area contributed by atoms with E-state index in [4.69, 9.17) is 15.7 Å². The minimum Gasteiger partial charge on any atom is -0.481 e. The molecule has 0 spiro atoms. The molecule has 5 nitrogen and oxygen atoms in total. The standard InChI is InChI=1S/C8H11N3O2/c1-5-3-6(7(9)11-12)4-10-8(5)13-2/h3-4,12H,1-2H3,(H2,9,11). The molecule has 0 unspecified atom stereocenters. The first kappa shape index (κ1) is 9.31. The zero-order valence-corrected chi connectivity index (χ0v) is 7.48. The van der Waals surface area contributed by atoms with Crippen LogP contribution < -0.4 is 10.5 Å². The van der Waals surface area contributed by atoms with E-state index in [9.17, 15) is 0 Å². The SMILES string of the molecule is COc1ncc(/C(N)=N/O)cc1C. The summed E-state index contributed by atoms with van der Waals surface area (Å²) < 4.78 is 4.96. The molecule has 1 aromatic rings. The van der Waals surface area contributed by atoms with Gasteiger partial charge in [0.25, 0.3) is 0 Å². The van der Waals surface area contributed by atoms with Gasteiger partial charge in [-0.25, -0.2) is 4.98 Å². The molecule has 1 rings (SSSR count). The molecule has 0 aliphatic rings. The van der Waals surface area contributed by atoms with E-state index in [-0.39, 0.29) is 5.84 Å². The molecule has 5 heteroatoms. The number of methoxy groups -OCH3 is 1. The summed E-state index contributed by atoms with van der Waals surface area (Å²) in [5.74, 6) is 0.577. The molecule has 0 bridgehead atoms. The van der Waals surface area contributed by atoms with Gasteiger partial charge in [-0.05, 0) is 13.0 Å². The highest BCUT2D eigenvalue weighted by molar-refractivity contribution is 5.96. The van der Waals surface area contributed by atoms with Gasteiger partial charge in [-0.3, -0.25) is 0 Å². The number of aryl methyl sites for hydroxylation is 1. The third kappa shape index (κ3) is 1.87. The van der Waals surface area contributed by atoms with Crippen molar-refractivity contribution in [1.82, 2.24) is 4.98 Å². The third-order valence-corrected chi connectivity index (χ3v) is 1.63. The number of amidine groups is 1. The monoisotopic (exact) mass is 181 g/mol. The Morgan fingerprint density at radius 1 is 1.69 bits per heavy atom. The van der Waals surface area contributed by atoms with Gasteiger partial charge in [0.15, 0.2) is 5.84 Å². The minimum absolute atomic E-state index is 0.0400. The Morgan fingerprint density at radius 3 is 2.85 bits per heavy atom. The van der Waals surface area contributed by atoms with Gasteiger partial charge < -0.3 is 15.7 Å². The maximum Gasteiger partial charge on any atom is 0.215 e. The van der Waals surface area contributed by atoms with Gasteiger partial charge in [-0.15, -0.1) is 0 Å². The van der Waals surface area contributed by atoms with Crippen LogP contribution in [0, 0.1) is 6.92 Å². The van der Waals surface area contributed by atoms with Gasteiger partial charge in [-0.2, -0.15) is 0 Å². The number of hydrogen-bond acceptors (Lipinski definition) is 4. The molecule has 3 N–H and O–H groups in total. The number of pyridine rings is 1. The van der Waals surface area contributed by atoms with Gasteiger partial charge >= 0.3 is 0 Å². The van der Waals surface area contributed by atoms with Crippen molar-refractivity contribution in [2.45, 2.75) is 6.92 Å². The van der Waals surface area contributed by atoms with E-state index < -0.39 is 0 Å². The third-order valence-electron chi connectivity index (χ3n) is 1.63. The largest absolute Gasteiger partial charge is 0.481 e. The number of hydrogen-bond donors (Lipinski definition) is 2. The van der Waals surface area contributed by atoms with Crippen LogP contribution in [0.15, 0.2) is 17.4 Å². The van der Waals surface area contributed by atoms with E-state index >= 15 is 0 Å². The first-order valence-electron chi connectivity index (χ1n) is 3.67. The fraction of sp³-hybridized carbons (Fsp3) is 0.250. The number of rotatable bonds is 2. The lowest BCUT2D eigenvalue weighted by atomic mass is 10.2. The number of nitrogens with two attached hydrogens (primary N) is 1. The molecule has 70 valence electrons. The minimum atomic E-state index is 0.0400. The molecule has 1 heterocycles. The summed E-state index contributed by atoms with van der Waals surface area (Å²) in [4.78, 5) is 3.97. The molecule has 13 heavy (non-hydrogen) atoms. The van der Waals surface area contributed by atoms with Gasteiger partial charge in [0.1, 0.15) is 0 Å². The van der Waals surface area contributed by atoms with Crippen LogP contribution >= 0.6 is 0 Å². The van der Waals surface area contributed by atoms with Crippen LogP contribution in [-0.4, -0.2) is 23.1 Å². The lowest BCUT2D eigenvalue weighted by Gasteiger charge is -2.04. The Labute approximate surface area is 75.8 Å². The second-order valence-electron chi connectivity index (χ2n) is 2.54. The van der Waals surface area contributed by atoms with E-state index in [1.54, 1.807) is 13.2 Å². The number of aromatic nitrogens is 1. The van der Waals surface area contributed by atoms with Crippen LogP contribution in [-0.2, 0) is 0 Å². The van der Waals surface area contributed by atoms with Crippen molar-refractivity contribution in [2.75, 3.05) is 7.11 Å². The van der Waals surface area contributed by atoms with Crippen LogP contribution in [0.4, 0.5) is 0 Å². The van der Waals surface area contributed by atoms with Crippen LogP contribution in [0.1, 0.15) is 11.1 Å². The van der Waals surface area contributed by atoms with Crippen molar-refractivity contribution in [3.05, 3.63) is 23.4 Å². The summed E-state index contributed by atoms with van der Waals surface area (Å²) in [5, 5.41) is 11.3. The Balaban J connectivity index is 3.10. The normalized spacial score (nSPS) is 11.4. The molecule has 0 aliphatic carbocycles. The number of ether oxygens (including phenoxy) is 1. The first-order chi connectivity index (χ1) is 6.19. The summed E-state index contributed by atoms with van der Waals surface area (Å²) in [6, 6.07) is 1.74. The highest BCUT2D eigenvalue weighted by Gasteiger charge is 2.04. The molecule has 0 aliphatic heterocycles. The molecular formula is C8H11N3O2. The Morgan fingerprint density at radius 2 is 2.38 bits per heavy atom. The zero-order chi connectivity index (χ0) is 9.84. The average molecular weight is 181 g/mol. The highest BCUT2D eigenvalue weighted by Crippen LogP contribution is 2.14. The van der Waals surface area contributed by atoms with Crippen molar-refractivity contribution < 1.29 is 9.94 Å². The van der Waals surface area contributed by atoms with Crippen molar-refractivity contribution in [3.63, 3.8) is 0 Å². The molecular weight excluding hydrogens is 170 g/mol. The molecule has 1 aromatic heterocycles. The van der Waals surface area contributed by atoms with Crippen LogP contribution in [0.5, 0.6) is 5.88 Å². The van der Waals surface area contributed by atoms with E-state index in [2.05, 4.69) is 10.1 Å². The van der Waals surface area contributed by atoms with Crippen LogP contribution in [0.25, 0.3) is 0 Å². The Bertz CT molecular complexity index is 336. The smallest absolute Gasteiger partial charge is 0.215 e. The van der Waals surface area contributed by atoms with Crippen LogP contribution in [0.2, 0.25) is 0 Å². The topological polar surface area (TPSA) is 80.7 Å². The van der Waals surface area contributed by atoms with E-state index in [0.717, 1.165) is 5.56 Å². The Kier molecular flexibility index (Phi) is 2.69. The van der Waals surface area contributed by atoms with Crippen molar-refractivity contribution >= 4 is 5.84 Å². The van der Waals surface area contributed by atoms with Gasteiger partial charge in [0.05, 0.1) is 7.11 Å². The molecule has 0 amide bonds. The molecule has 0 saturated carbocycles. The van der Waals surface area contributed by atoms with Gasteiger partial charge in [-0.1, -0.05) is 5.16 Å². The predicted molar refractivity (Wildman–Crippen MR) is 48.0 cm³/mol. The second kappa shape index (κ2) is 3.75. The first-order valence-corrected chi connectivity index (χ1v) is 3.67. The van der Waals surface area contributed by atoms with Crippen molar-refractivity contribution in [2.24, 2.45) is 10.9 Å². The summed E-state index contributed by atoms with van der Waals surface area (Å²) >= 11 is 0. The maximum absolute atomic E-state index is 8.41. The summed E-state index contributed by atoms with van der Waals surface area (Å²) in [7, 11) is 1.54. The van der Waals surface area contributed by atoms with Crippen molar-refractivity contribution in [3.8, 4) is 5.88 Å². The summed E-state index contributed by atoms with van der Waals surface area (Å²) in [5.41, 5.74) is 6.78. The quantitative estimate of drug-likeness (QED) is 0.301. The lowest BCUT2D eigenvalue weighted by molar-refractivity contribution is 0.318. The zero-order valence-electron chi connectivity index (χ0n) is 7.48. The van der Waals surface area contributed by atoms with E-state index in [0.29, 0.717) is 11.4 Å². The van der Waals surface area contributed by atoms with Crippen molar-refractivity contribution in [1.29, 1.82) is 0 Å². The summed E-state index contributed by atoms with van der Waals surface area (Å²) in [6.07, 6.45) is 1.49. The fourth-order valence-corrected chi connectivity index (χ4v) is 0.974. The molecule has 0 saturated heterocycles. The maximum atomic E-state index is 8.41. The average Bonchev–Trinajstić information content (AvgIpc) is 2.16. The summed E-state index contributed by atoms with van der Waals surface area (Å²) in [6.45, 7) is 1.83. The lowest BCUT2D eigenvalue weighted by Crippen LogP contribution is -2.13.